The smallest absolute Gasteiger partial charge is 0.305 e. The Balaban J connectivity index is 3.11. The van der Waals surface area contributed by atoms with Crippen LogP contribution in [0.5, 0.6) is 0 Å². The summed E-state index contributed by atoms with van der Waals surface area (Å²) in [6.45, 7) is 0.542. The molecular formula is C9H18O2S2. The maximum atomic E-state index is 11.0. The SMILES string of the molecule is O=C(CCCCS)OCCCCS. The molecule has 0 amide bonds. The maximum absolute atomic E-state index is 11.0. The Bertz CT molecular complexity index is 129. The number of unbranched alkanes of at least 4 members (excludes halogenated alkanes) is 2. The van der Waals surface area contributed by atoms with Gasteiger partial charge in [-0.3, -0.25) is 4.79 Å². The van der Waals surface area contributed by atoms with Crippen molar-refractivity contribution in [2.45, 2.75) is 32.1 Å². The molecule has 0 rings (SSSR count). The van der Waals surface area contributed by atoms with Gasteiger partial charge in [-0.1, -0.05) is 0 Å². The fraction of sp³-hybridized carbons (Fsp3) is 0.889. The van der Waals surface area contributed by atoms with Crippen molar-refractivity contribution in [3.63, 3.8) is 0 Å². The lowest BCUT2D eigenvalue weighted by molar-refractivity contribution is -0.143. The molecule has 0 aromatic rings. The fourth-order valence-corrected chi connectivity index (χ4v) is 1.30. The van der Waals surface area contributed by atoms with Crippen LogP contribution in [0, 0.1) is 0 Å². The summed E-state index contributed by atoms with van der Waals surface area (Å²) in [4.78, 5) is 11.0. The quantitative estimate of drug-likeness (QED) is 0.374. The molecule has 13 heavy (non-hydrogen) atoms. The number of esters is 1. The monoisotopic (exact) mass is 222 g/mol. The van der Waals surface area contributed by atoms with Gasteiger partial charge >= 0.3 is 5.97 Å². The first kappa shape index (κ1) is 13.2. The molecule has 0 atom stereocenters. The van der Waals surface area contributed by atoms with Crippen molar-refractivity contribution in [1.82, 2.24) is 0 Å². The van der Waals surface area contributed by atoms with E-state index in [2.05, 4.69) is 25.3 Å². The van der Waals surface area contributed by atoms with Gasteiger partial charge in [-0.15, -0.1) is 0 Å². The molecule has 78 valence electrons. The molecule has 0 heterocycles. The van der Waals surface area contributed by atoms with Crippen molar-refractivity contribution in [3.05, 3.63) is 0 Å². The van der Waals surface area contributed by atoms with Crippen molar-refractivity contribution in [2.75, 3.05) is 18.1 Å². The van der Waals surface area contributed by atoms with Gasteiger partial charge in [0, 0.05) is 6.42 Å². The number of hydrogen-bond acceptors (Lipinski definition) is 4. The van der Waals surface area contributed by atoms with Crippen LogP contribution in [0.3, 0.4) is 0 Å². The lowest BCUT2D eigenvalue weighted by atomic mass is 10.2. The Labute approximate surface area is 91.2 Å². The van der Waals surface area contributed by atoms with Gasteiger partial charge in [0.2, 0.25) is 0 Å². The summed E-state index contributed by atoms with van der Waals surface area (Å²) in [6, 6.07) is 0. The van der Waals surface area contributed by atoms with E-state index in [9.17, 15) is 4.79 Å². The predicted molar refractivity (Wildman–Crippen MR) is 61.8 cm³/mol. The highest BCUT2D eigenvalue weighted by molar-refractivity contribution is 7.80. The van der Waals surface area contributed by atoms with Gasteiger partial charge in [0.05, 0.1) is 6.61 Å². The minimum Gasteiger partial charge on any atom is -0.466 e. The zero-order valence-electron chi connectivity index (χ0n) is 7.87. The van der Waals surface area contributed by atoms with Crippen LogP contribution in [-0.2, 0) is 9.53 Å². The average Bonchev–Trinajstić information content (AvgIpc) is 2.13. The summed E-state index contributed by atoms with van der Waals surface area (Å²) in [7, 11) is 0. The molecule has 0 aromatic heterocycles. The van der Waals surface area contributed by atoms with E-state index < -0.39 is 0 Å². The molecule has 0 saturated heterocycles. The Morgan fingerprint density at radius 2 is 1.62 bits per heavy atom. The van der Waals surface area contributed by atoms with Gasteiger partial charge in [0.1, 0.15) is 0 Å². The second-order valence-electron chi connectivity index (χ2n) is 2.83. The van der Waals surface area contributed by atoms with Crippen LogP contribution in [0.2, 0.25) is 0 Å². The van der Waals surface area contributed by atoms with Gasteiger partial charge in [-0.2, -0.15) is 25.3 Å². The van der Waals surface area contributed by atoms with Crippen LogP contribution in [0.4, 0.5) is 0 Å². The molecule has 0 aliphatic heterocycles. The Morgan fingerprint density at radius 3 is 2.23 bits per heavy atom. The third-order valence-corrected chi connectivity index (χ3v) is 2.24. The summed E-state index contributed by atoms with van der Waals surface area (Å²) in [5.74, 6) is 1.62. The number of carbonyl (C=O) groups is 1. The van der Waals surface area contributed by atoms with E-state index in [0.29, 0.717) is 13.0 Å². The summed E-state index contributed by atoms with van der Waals surface area (Å²) in [6.07, 6.45) is 4.32. The molecule has 0 aliphatic carbocycles. The Kier molecular flexibility index (Phi) is 10.4. The molecule has 0 radical (unpaired) electrons. The van der Waals surface area contributed by atoms with Crippen molar-refractivity contribution >= 4 is 31.2 Å². The van der Waals surface area contributed by atoms with Gasteiger partial charge in [0.15, 0.2) is 0 Å². The molecule has 0 N–H and O–H groups in total. The van der Waals surface area contributed by atoms with E-state index in [1.807, 2.05) is 0 Å². The molecule has 0 fully saturated rings. The third-order valence-electron chi connectivity index (χ3n) is 1.60. The van der Waals surface area contributed by atoms with Crippen molar-refractivity contribution in [1.29, 1.82) is 0 Å². The number of carbonyl (C=O) groups excluding carboxylic acids is 1. The summed E-state index contributed by atoms with van der Waals surface area (Å²) < 4.78 is 4.99. The summed E-state index contributed by atoms with van der Waals surface area (Å²) >= 11 is 8.13. The molecule has 0 aliphatic rings. The molecule has 4 heteroatoms. The molecule has 0 unspecified atom stereocenters. The minimum absolute atomic E-state index is 0.0825. The first-order valence-corrected chi connectivity index (χ1v) is 5.95. The molecule has 0 saturated carbocycles. The Hall–Kier alpha value is 0.170. The van der Waals surface area contributed by atoms with Crippen LogP contribution in [0.25, 0.3) is 0 Å². The van der Waals surface area contributed by atoms with E-state index in [4.69, 9.17) is 4.74 Å². The summed E-state index contributed by atoms with van der Waals surface area (Å²) in [5, 5.41) is 0. The molecule has 0 bridgehead atoms. The van der Waals surface area contributed by atoms with Crippen LogP contribution in [-0.4, -0.2) is 24.1 Å². The van der Waals surface area contributed by atoms with Gasteiger partial charge in [-0.25, -0.2) is 0 Å². The van der Waals surface area contributed by atoms with Crippen LogP contribution in [0.15, 0.2) is 0 Å². The Morgan fingerprint density at radius 1 is 1.00 bits per heavy atom. The molecule has 0 spiro atoms. The van der Waals surface area contributed by atoms with E-state index in [1.165, 1.54) is 0 Å². The normalized spacial score (nSPS) is 10.0. The number of thiol groups is 2. The number of hydrogen-bond donors (Lipinski definition) is 2. The highest BCUT2D eigenvalue weighted by Crippen LogP contribution is 2.00. The molecule has 0 aromatic carbocycles. The van der Waals surface area contributed by atoms with Gasteiger partial charge in [0.25, 0.3) is 0 Å². The lowest BCUT2D eigenvalue weighted by Crippen LogP contribution is -2.05. The lowest BCUT2D eigenvalue weighted by Gasteiger charge is -2.03. The zero-order valence-corrected chi connectivity index (χ0v) is 9.66. The standard InChI is InChI=1S/C9H18O2S2/c10-9(5-1-3-7-12)11-6-2-4-8-13/h12-13H,1-8H2. The molecular weight excluding hydrogens is 204 g/mol. The van der Waals surface area contributed by atoms with E-state index in [1.54, 1.807) is 0 Å². The number of ether oxygens (including phenoxy) is 1. The largest absolute Gasteiger partial charge is 0.466 e. The van der Waals surface area contributed by atoms with Crippen molar-refractivity contribution in [2.24, 2.45) is 0 Å². The van der Waals surface area contributed by atoms with E-state index in [-0.39, 0.29) is 5.97 Å². The fourth-order valence-electron chi connectivity index (χ4n) is 0.853. The molecule has 2 nitrogen and oxygen atoms in total. The zero-order chi connectivity index (χ0) is 9.94. The van der Waals surface area contributed by atoms with Gasteiger partial charge < -0.3 is 4.74 Å². The number of rotatable bonds is 8. The average molecular weight is 222 g/mol. The second-order valence-corrected chi connectivity index (χ2v) is 3.73. The van der Waals surface area contributed by atoms with Gasteiger partial charge in [-0.05, 0) is 37.2 Å². The van der Waals surface area contributed by atoms with Crippen LogP contribution < -0.4 is 0 Å². The highest BCUT2D eigenvalue weighted by atomic mass is 32.1. The van der Waals surface area contributed by atoms with Crippen LogP contribution >= 0.6 is 25.3 Å². The predicted octanol–water partition coefficient (Wildman–Crippen LogP) is 2.34. The maximum Gasteiger partial charge on any atom is 0.305 e. The third kappa shape index (κ3) is 10.1. The van der Waals surface area contributed by atoms with E-state index in [0.717, 1.165) is 37.2 Å². The summed E-state index contributed by atoms with van der Waals surface area (Å²) in [5.41, 5.74) is 0. The highest BCUT2D eigenvalue weighted by Gasteiger charge is 2.00. The van der Waals surface area contributed by atoms with Crippen molar-refractivity contribution in [3.8, 4) is 0 Å². The van der Waals surface area contributed by atoms with Crippen LogP contribution in [0.1, 0.15) is 32.1 Å². The van der Waals surface area contributed by atoms with E-state index >= 15 is 0 Å². The minimum atomic E-state index is -0.0825. The first-order chi connectivity index (χ1) is 6.31. The second kappa shape index (κ2) is 10.3. The first-order valence-electron chi connectivity index (χ1n) is 4.68. The topological polar surface area (TPSA) is 26.3 Å². The van der Waals surface area contributed by atoms with Crippen molar-refractivity contribution < 1.29 is 9.53 Å².